The van der Waals surface area contributed by atoms with E-state index in [1.165, 1.54) is 36.4 Å². The molecular weight excluding hydrogens is 484 g/mol. The van der Waals surface area contributed by atoms with E-state index in [9.17, 15) is 27.2 Å². The molecular formula is C20H17BrF4N4O2. The third-order valence-corrected chi connectivity index (χ3v) is 5.08. The highest BCUT2D eigenvalue weighted by atomic mass is 79.9. The van der Waals surface area contributed by atoms with Gasteiger partial charge in [0, 0.05) is 12.1 Å². The van der Waals surface area contributed by atoms with Crippen molar-refractivity contribution in [3.05, 3.63) is 86.3 Å². The second-order valence-corrected chi connectivity index (χ2v) is 7.35. The van der Waals surface area contributed by atoms with Crippen LogP contribution in [-0.4, -0.2) is 26.8 Å². The fraction of sp³-hybridized carbons (Fsp3) is 0.250. The fourth-order valence-electron chi connectivity index (χ4n) is 2.99. The van der Waals surface area contributed by atoms with Gasteiger partial charge in [-0.3, -0.25) is 9.36 Å². The molecule has 0 aliphatic heterocycles. The van der Waals surface area contributed by atoms with Crippen LogP contribution in [0, 0.1) is 5.82 Å². The third-order valence-electron chi connectivity index (χ3n) is 4.50. The van der Waals surface area contributed by atoms with Gasteiger partial charge < -0.3 is 5.32 Å². The lowest BCUT2D eigenvalue weighted by Gasteiger charge is -2.12. The van der Waals surface area contributed by atoms with Crippen LogP contribution < -0.4 is 11.0 Å². The number of hydrogen-bond donors (Lipinski definition) is 1. The Bertz CT molecular complexity index is 1140. The molecule has 0 aliphatic rings. The summed E-state index contributed by atoms with van der Waals surface area (Å²) in [7, 11) is 0. The molecule has 1 N–H and O–H groups in total. The maximum atomic E-state index is 13.8. The number of alkyl halides is 3. The number of carbonyl (C=O) groups is 1. The minimum atomic E-state index is -4.48. The van der Waals surface area contributed by atoms with E-state index in [1.54, 1.807) is 6.07 Å². The number of carbonyl (C=O) groups excluding carboxylic acids is 1. The van der Waals surface area contributed by atoms with E-state index in [0.29, 0.717) is 0 Å². The van der Waals surface area contributed by atoms with Gasteiger partial charge in [0.15, 0.2) is 0 Å². The number of hydrogen-bond acceptors (Lipinski definition) is 3. The first kappa shape index (κ1) is 22.7. The molecule has 0 atom stereocenters. The lowest BCUT2D eigenvalue weighted by molar-refractivity contribution is -0.138. The van der Waals surface area contributed by atoms with Crippen molar-refractivity contribution >= 4 is 21.8 Å². The number of amides is 1. The summed E-state index contributed by atoms with van der Waals surface area (Å²) in [5, 5.41) is 6.42. The summed E-state index contributed by atoms with van der Waals surface area (Å²) in [6.07, 6.45) is -4.51. The molecule has 0 saturated heterocycles. The molecule has 1 amide bonds. The summed E-state index contributed by atoms with van der Waals surface area (Å²) in [5.41, 5.74) is -1.05. The molecule has 11 heteroatoms. The van der Waals surface area contributed by atoms with Gasteiger partial charge in [-0.2, -0.15) is 13.2 Å². The molecule has 164 valence electrons. The number of halogens is 5. The lowest BCUT2D eigenvalue weighted by Crippen LogP contribution is -2.34. The van der Waals surface area contributed by atoms with Gasteiger partial charge in [0.25, 0.3) is 0 Å². The Morgan fingerprint density at radius 2 is 1.71 bits per heavy atom. The minimum Gasteiger partial charge on any atom is -0.354 e. The second kappa shape index (κ2) is 9.46. The van der Waals surface area contributed by atoms with Crippen molar-refractivity contribution in [1.29, 1.82) is 0 Å². The Balaban J connectivity index is 1.62. The molecule has 1 heterocycles. The summed E-state index contributed by atoms with van der Waals surface area (Å²) >= 11 is 3.12. The van der Waals surface area contributed by atoms with Crippen molar-refractivity contribution in [2.75, 3.05) is 6.54 Å². The predicted octanol–water partition coefficient (Wildman–Crippen LogP) is 3.37. The van der Waals surface area contributed by atoms with Crippen molar-refractivity contribution in [1.82, 2.24) is 19.7 Å². The summed E-state index contributed by atoms with van der Waals surface area (Å²) in [5.74, 6) is -1.07. The Kier molecular flexibility index (Phi) is 6.94. The van der Waals surface area contributed by atoms with Gasteiger partial charge >= 0.3 is 11.9 Å². The monoisotopic (exact) mass is 500 g/mol. The highest BCUT2D eigenvalue weighted by molar-refractivity contribution is 9.10. The van der Waals surface area contributed by atoms with Crippen molar-refractivity contribution in [3.8, 4) is 0 Å². The molecule has 0 aliphatic carbocycles. The molecule has 0 unspecified atom stereocenters. The number of aromatic nitrogens is 3. The molecule has 0 saturated carbocycles. The standard InChI is InChI=1S/C20H17BrF4N4O2/c21-18-27-29(19(31)28(18)11-14-6-2-4-8-16(14)22)12-17(30)26-10-9-13-5-1-3-7-15(13)20(23,24)25/h1-8H,9-12H2,(H,26,30). The molecule has 31 heavy (non-hydrogen) atoms. The number of benzene rings is 2. The fourth-order valence-corrected chi connectivity index (χ4v) is 3.46. The van der Waals surface area contributed by atoms with Crippen LogP contribution in [0.2, 0.25) is 0 Å². The summed E-state index contributed by atoms with van der Waals surface area (Å²) in [6, 6.07) is 11.1. The van der Waals surface area contributed by atoms with Gasteiger partial charge in [0.05, 0.1) is 12.1 Å². The maximum Gasteiger partial charge on any atom is 0.416 e. The first-order chi connectivity index (χ1) is 14.7. The minimum absolute atomic E-state index is 0.0261. The van der Waals surface area contributed by atoms with E-state index in [0.717, 1.165) is 15.3 Å². The number of nitrogens with one attached hydrogen (secondary N) is 1. The molecule has 0 spiro atoms. The van der Waals surface area contributed by atoms with E-state index in [-0.39, 0.29) is 35.4 Å². The van der Waals surface area contributed by atoms with Crippen molar-refractivity contribution in [2.24, 2.45) is 0 Å². The lowest BCUT2D eigenvalue weighted by atomic mass is 10.0. The molecule has 6 nitrogen and oxygen atoms in total. The summed E-state index contributed by atoms with van der Waals surface area (Å²) in [6.45, 7) is -0.553. The summed E-state index contributed by atoms with van der Waals surface area (Å²) < 4.78 is 55.1. The van der Waals surface area contributed by atoms with Crippen molar-refractivity contribution in [2.45, 2.75) is 25.7 Å². The van der Waals surface area contributed by atoms with Gasteiger partial charge in [0.1, 0.15) is 12.4 Å². The topological polar surface area (TPSA) is 68.9 Å². The Morgan fingerprint density at radius 1 is 1.06 bits per heavy atom. The van der Waals surface area contributed by atoms with Crippen LogP contribution in [0.5, 0.6) is 0 Å². The van der Waals surface area contributed by atoms with Crippen LogP contribution in [0.3, 0.4) is 0 Å². The van der Waals surface area contributed by atoms with Crippen LogP contribution in [0.15, 0.2) is 58.1 Å². The summed E-state index contributed by atoms with van der Waals surface area (Å²) in [4.78, 5) is 24.6. The van der Waals surface area contributed by atoms with Gasteiger partial charge in [-0.1, -0.05) is 36.4 Å². The molecule has 0 fully saturated rings. The Hall–Kier alpha value is -2.95. The predicted molar refractivity (Wildman–Crippen MR) is 108 cm³/mol. The van der Waals surface area contributed by atoms with Gasteiger partial charge in [-0.05, 0) is 40.0 Å². The zero-order chi connectivity index (χ0) is 22.6. The molecule has 0 bridgehead atoms. The van der Waals surface area contributed by atoms with E-state index in [4.69, 9.17) is 0 Å². The van der Waals surface area contributed by atoms with Crippen LogP contribution in [0.1, 0.15) is 16.7 Å². The average Bonchev–Trinajstić information content (AvgIpc) is 2.96. The van der Waals surface area contributed by atoms with E-state index in [1.807, 2.05) is 0 Å². The molecule has 3 rings (SSSR count). The van der Waals surface area contributed by atoms with Crippen molar-refractivity contribution < 1.29 is 22.4 Å². The maximum absolute atomic E-state index is 13.8. The smallest absolute Gasteiger partial charge is 0.354 e. The van der Waals surface area contributed by atoms with Crippen LogP contribution in [0.4, 0.5) is 17.6 Å². The average molecular weight is 501 g/mol. The highest BCUT2D eigenvalue weighted by Gasteiger charge is 2.32. The van der Waals surface area contributed by atoms with Gasteiger partial charge in [-0.15, -0.1) is 5.10 Å². The van der Waals surface area contributed by atoms with Crippen LogP contribution >= 0.6 is 15.9 Å². The molecule has 0 radical (unpaired) electrons. The quantitative estimate of drug-likeness (QED) is 0.505. The number of nitrogens with zero attached hydrogens (tertiary/aromatic N) is 3. The zero-order valence-corrected chi connectivity index (χ0v) is 17.6. The first-order valence-corrected chi connectivity index (χ1v) is 9.94. The van der Waals surface area contributed by atoms with E-state index < -0.39 is 35.7 Å². The highest BCUT2D eigenvalue weighted by Crippen LogP contribution is 2.31. The second-order valence-electron chi connectivity index (χ2n) is 6.64. The number of rotatable bonds is 7. The van der Waals surface area contributed by atoms with E-state index >= 15 is 0 Å². The van der Waals surface area contributed by atoms with E-state index in [2.05, 4.69) is 26.3 Å². The molecule has 3 aromatic rings. The van der Waals surface area contributed by atoms with Crippen molar-refractivity contribution in [3.63, 3.8) is 0 Å². The van der Waals surface area contributed by atoms with Gasteiger partial charge in [-0.25, -0.2) is 13.9 Å². The molecule has 2 aromatic carbocycles. The SMILES string of the molecule is O=C(Cn1nc(Br)n(Cc2ccccc2F)c1=O)NCCc1ccccc1C(F)(F)F. The normalized spacial score (nSPS) is 11.5. The largest absolute Gasteiger partial charge is 0.416 e. The Labute approximate surface area is 182 Å². The zero-order valence-electron chi connectivity index (χ0n) is 16.0. The first-order valence-electron chi connectivity index (χ1n) is 9.15. The third kappa shape index (κ3) is 5.60. The Morgan fingerprint density at radius 3 is 2.39 bits per heavy atom. The molecule has 1 aromatic heterocycles. The van der Waals surface area contributed by atoms with Crippen LogP contribution in [0.25, 0.3) is 0 Å². The van der Waals surface area contributed by atoms with Crippen LogP contribution in [-0.2, 0) is 30.5 Å². The van der Waals surface area contributed by atoms with Gasteiger partial charge in [0.2, 0.25) is 10.6 Å².